The predicted molar refractivity (Wildman–Crippen MR) is 101 cm³/mol. The van der Waals surface area contributed by atoms with Gasteiger partial charge in [-0.3, -0.25) is 4.79 Å². The van der Waals surface area contributed by atoms with E-state index in [1.54, 1.807) is 29.2 Å². The highest BCUT2D eigenvalue weighted by atomic mass is 35.5. The summed E-state index contributed by atoms with van der Waals surface area (Å²) in [5.41, 5.74) is 1.52. The molecule has 27 heavy (non-hydrogen) atoms. The van der Waals surface area contributed by atoms with E-state index in [4.69, 9.17) is 25.5 Å². The number of amides is 1. The van der Waals surface area contributed by atoms with Crippen LogP contribution >= 0.6 is 11.6 Å². The Labute approximate surface area is 162 Å². The zero-order valence-electron chi connectivity index (χ0n) is 14.8. The largest absolute Gasteiger partial charge is 0.464 e. The first-order chi connectivity index (χ1) is 13.1. The first kappa shape index (κ1) is 17.5. The third-order valence-electron chi connectivity index (χ3n) is 4.33. The average Bonchev–Trinajstić information content (AvgIpc) is 3.29. The van der Waals surface area contributed by atoms with E-state index in [-0.39, 0.29) is 12.7 Å². The molecule has 138 valence electrons. The minimum atomic E-state index is -0.0987. The van der Waals surface area contributed by atoms with Crippen LogP contribution in [0.5, 0.6) is 11.5 Å². The third kappa shape index (κ3) is 3.93. The van der Waals surface area contributed by atoms with Gasteiger partial charge in [-0.25, -0.2) is 0 Å². The molecule has 0 aliphatic carbocycles. The van der Waals surface area contributed by atoms with Gasteiger partial charge in [0.05, 0.1) is 6.54 Å². The van der Waals surface area contributed by atoms with Crippen LogP contribution < -0.4 is 9.47 Å². The highest BCUT2D eigenvalue weighted by Crippen LogP contribution is 2.33. The van der Waals surface area contributed by atoms with Crippen LogP contribution in [0.4, 0.5) is 0 Å². The zero-order chi connectivity index (χ0) is 18.8. The molecular weight excluding hydrogens is 366 g/mol. The number of halogens is 1. The van der Waals surface area contributed by atoms with Crippen molar-refractivity contribution in [2.45, 2.75) is 20.0 Å². The van der Waals surface area contributed by atoms with Gasteiger partial charge in [-0.2, -0.15) is 0 Å². The zero-order valence-corrected chi connectivity index (χ0v) is 15.5. The number of carbonyl (C=O) groups excluding carboxylic acids is 1. The molecule has 0 fully saturated rings. The van der Waals surface area contributed by atoms with Gasteiger partial charge in [0, 0.05) is 17.1 Å². The van der Waals surface area contributed by atoms with Gasteiger partial charge in [-0.1, -0.05) is 17.7 Å². The number of furan rings is 1. The van der Waals surface area contributed by atoms with Gasteiger partial charge in [0.15, 0.2) is 11.5 Å². The molecule has 4 rings (SSSR count). The molecule has 0 unspecified atom stereocenters. The number of hydrogen-bond acceptors (Lipinski definition) is 4. The molecule has 2 heterocycles. The summed E-state index contributed by atoms with van der Waals surface area (Å²) in [4.78, 5) is 14.8. The molecule has 2 aromatic carbocycles. The van der Waals surface area contributed by atoms with E-state index < -0.39 is 0 Å². The fourth-order valence-corrected chi connectivity index (χ4v) is 3.12. The van der Waals surface area contributed by atoms with Crippen molar-refractivity contribution in [3.8, 4) is 11.5 Å². The second-order valence-corrected chi connectivity index (χ2v) is 6.80. The summed E-state index contributed by atoms with van der Waals surface area (Å²) >= 11 is 5.95. The molecule has 6 heteroatoms. The van der Waals surface area contributed by atoms with Crippen LogP contribution in [0.3, 0.4) is 0 Å². The van der Waals surface area contributed by atoms with Crippen molar-refractivity contribution in [2.75, 3.05) is 6.79 Å². The number of carbonyl (C=O) groups is 1. The fraction of sp³-hybridized carbons (Fsp3) is 0.190. The van der Waals surface area contributed by atoms with Gasteiger partial charge in [0.1, 0.15) is 11.5 Å². The summed E-state index contributed by atoms with van der Waals surface area (Å²) in [7, 11) is 0. The fourth-order valence-electron chi connectivity index (χ4n) is 2.99. The SMILES string of the molecule is Cc1ccc(CN(Cc2ccc3c(c2)OCO3)C(=O)c2ccc(Cl)cc2)o1. The molecular formula is C21H18ClNO4. The Bertz CT molecular complexity index is 965. The van der Waals surface area contributed by atoms with E-state index in [0.29, 0.717) is 29.4 Å². The normalized spacial score (nSPS) is 12.2. The van der Waals surface area contributed by atoms with E-state index in [9.17, 15) is 4.79 Å². The highest BCUT2D eigenvalue weighted by molar-refractivity contribution is 6.30. The van der Waals surface area contributed by atoms with Gasteiger partial charge in [-0.05, 0) is 61.0 Å². The van der Waals surface area contributed by atoms with Crippen LogP contribution in [-0.4, -0.2) is 17.6 Å². The Kier molecular flexibility index (Phi) is 4.77. The molecule has 0 N–H and O–H groups in total. The van der Waals surface area contributed by atoms with E-state index in [1.165, 1.54) is 0 Å². The molecule has 5 nitrogen and oxygen atoms in total. The summed E-state index contributed by atoms with van der Waals surface area (Å²) in [6, 6.07) is 16.4. The molecule has 0 saturated heterocycles. The molecule has 1 aliphatic heterocycles. The quantitative estimate of drug-likeness (QED) is 0.634. The lowest BCUT2D eigenvalue weighted by Gasteiger charge is -2.22. The van der Waals surface area contributed by atoms with E-state index in [0.717, 1.165) is 22.8 Å². The van der Waals surface area contributed by atoms with Crippen molar-refractivity contribution >= 4 is 17.5 Å². The lowest BCUT2D eigenvalue weighted by molar-refractivity contribution is 0.0717. The predicted octanol–water partition coefficient (Wildman–Crippen LogP) is 4.81. The summed E-state index contributed by atoms with van der Waals surface area (Å²) in [5.74, 6) is 2.86. The number of ether oxygens (including phenoxy) is 2. The molecule has 0 radical (unpaired) electrons. The summed E-state index contributed by atoms with van der Waals surface area (Å²) < 4.78 is 16.5. The molecule has 1 aromatic heterocycles. The smallest absolute Gasteiger partial charge is 0.254 e. The lowest BCUT2D eigenvalue weighted by Crippen LogP contribution is -2.30. The summed E-state index contributed by atoms with van der Waals surface area (Å²) in [6.07, 6.45) is 0. The number of aryl methyl sites for hydroxylation is 1. The molecule has 0 spiro atoms. The summed E-state index contributed by atoms with van der Waals surface area (Å²) in [5, 5.41) is 0.593. The van der Waals surface area contributed by atoms with Crippen LogP contribution in [0.1, 0.15) is 27.4 Å². The monoisotopic (exact) mass is 383 g/mol. The Morgan fingerprint density at radius 2 is 1.78 bits per heavy atom. The Morgan fingerprint density at radius 1 is 1.00 bits per heavy atom. The van der Waals surface area contributed by atoms with E-state index in [1.807, 2.05) is 37.3 Å². The molecule has 1 amide bonds. The van der Waals surface area contributed by atoms with Gasteiger partial charge in [0.25, 0.3) is 5.91 Å². The standard InChI is InChI=1S/C21H18ClNO4/c1-14-2-8-18(27-14)12-23(21(24)16-4-6-17(22)7-5-16)11-15-3-9-19-20(10-15)26-13-25-19/h2-10H,11-13H2,1H3. The molecule has 0 atom stereocenters. The number of fused-ring (bicyclic) bond motifs is 1. The average molecular weight is 384 g/mol. The Morgan fingerprint density at radius 3 is 2.52 bits per heavy atom. The van der Waals surface area contributed by atoms with Crippen molar-refractivity contribution in [3.63, 3.8) is 0 Å². The van der Waals surface area contributed by atoms with Crippen LogP contribution in [0.15, 0.2) is 59.0 Å². The number of nitrogens with zero attached hydrogens (tertiary/aromatic N) is 1. The maximum absolute atomic E-state index is 13.1. The molecule has 1 aliphatic rings. The van der Waals surface area contributed by atoms with Crippen LogP contribution in [0.25, 0.3) is 0 Å². The van der Waals surface area contributed by atoms with E-state index in [2.05, 4.69) is 0 Å². The van der Waals surface area contributed by atoms with Gasteiger partial charge >= 0.3 is 0 Å². The van der Waals surface area contributed by atoms with Gasteiger partial charge in [-0.15, -0.1) is 0 Å². The maximum Gasteiger partial charge on any atom is 0.254 e. The summed E-state index contributed by atoms with van der Waals surface area (Å²) in [6.45, 7) is 2.88. The minimum Gasteiger partial charge on any atom is -0.464 e. The maximum atomic E-state index is 13.1. The topological polar surface area (TPSA) is 51.9 Å². The van der Waals surface area contributed by atoms with Gasteiger partial charge < -0.3 is 18.8 Å². The first-order valence-electron chi connectivity index (χ1n) is 8.57. The van der Waals surface area contributed by atoms with Crippen molar-refractivity contribution in [1.82, 2.24) is 4.90 Å². The lowest BCUT2D eigenvalue weighted by atomic mass is 10.1. The van der Waals surface area contributed by atoms with Crippen molar-refractivity contribution < 1.29 is 18.7 Å². The van der Waals surface area contributed by atoms with Crippen molar-refractivity contribution in [2.24, 2.45) is 0 Å². The van der Waals surface area contributed by atoms with Crippen molar-refractivity contribution in [3.05, 3.63) is 82.3 Å². The number of rotatable bonds is 5. The third-order valence-corrected chi connectivity index (χ3v) is 4.58. The van der Waals surface area contributed by atoms with Gasteiger partial charge in [0.2, 0.25) is 6.79 Å². The van der Waals surface area contributed by atoms with Crippen LogP contribution in [0, 0.1) is 6.92 Å². The second-order valence-electron chi connectivity index (χ2n) is 6.37. The van der Waals surface area contributed by atoms with Crippen LogP contribution in [0.2, 0.25) is 5.02 Å². The highest BCUT2D eigenvalue weighted by Gasteiger charge is 2.20. The number of hydrogen-bond donors (Lipinski definition) is 0. The van der Waals surface area contributed by atoms with Crippen molar-refractivity contribution in [1.29, 1.82) is 0 Å². The molecule has 0 saturated carbocycles. The minimum absolute atomic E-state index is 0.0987. The Balaban J connectivity index is 1.60. The molecule has 3 aromatic rings. The Hall–Kier alpha value is -2.92. The van der Waals surface area contributed by atoms with Crippen LogP contribution in [-0.2, 0) is 13.1 Å². The first-order valence-corrected chi connectivity index (χ1v) is 8.95. The molecule has 0 bridgehead atoms. The number of benzene rings is 2. The second kappa shape index (κ2) is 7.37. The van der Waals surface area contributed by atoms with E-state index >= 15 is 0 Å².